The van der Waals surface area contributed by atoms with Gasteiger partial charge >= 0.3 is 0 Å². The third-order valence-corrected chi connectivity index (χ3v) is 3.36. The van der Waals surface area contributed by atoms with Crippen LogP contribution in [-0.2, 0) is 11.2 Å². The molecule has 0 saturated carbocycles. The zero-order valence-electron chi connectivity index (χ0n) is 10.9. The van der Waals surface area contributed by atoms with Gasteiger partial charge in [-0.1, -0.05) is 12.8 Å². The molecule has 4 heteroatoms. The van der Waals surface area contributed by atoms with Gasteiger partial charge in [0.05, 0.1) is 12.8 Å². The molecule has 1 aromatic rings. The number of hydrogen-bond donors (Lipinski definition) is 1. The number of nitrogens with one attached hydrogen (secondary N) is 1. The van der Waals surface area contributed by atoms with E-state index < -0.39 is 0 Å². The minimum atomic E-state index is 0.233. The Morgan fingerprint density at radius 1 is 1.28 bits per heavy atom. The fraction of sp³-hybridized carbons (Fsp3) is 0.643. The number of hydrogen-bond acceptors (Lipinski definition) is 3. The number of carbonyl (C=O) groups excluding carboxylic acids is 1. The highest BCUT2D eigenvalue weighted by atomic mass is 16.3. The van der Waals surface area contributed by atoms with E-state index in [1.807, 2.05) is 17.0 Å². The lowest BCUT2D eigenvalue weighted by Gasteiger charge is -2.20. The molecule has 1 fully saturated rings. The van der Waals surface area contributed by atoms with E-state index in [1.54, 1.807) is 6.26 Å². The first-order valence-electron chi connectivity index (χ1n) is 6.87. The Morgan fingerprint density at radius 2 is 2.06 bits per heavy atom. The van der Waals surface area contributed by atoms with Gasteiger partial charge in [-0.15, -0.1) is 0 Å². The lowest BCUT2D eigenvalue weighted by Crippen LogP contribution is -2.39. The van der Waals surface area contributed by atoms with Crippen LogP contribution in [0.25, 0.3) is 0 Å². The first-order chi connectivity index (χ1) is 8.86. The van der Waals surface area contributed by atoms with Crippen molar-refractivity contribution in [1.29, 1.82) is 0 Å². The summed E-state index contributed by atoms with van der Waals surface area (Å²) < 4.78 is 5.24. The topological polar surface area (TPSA) is 45.5 Å². The minimum Gasteiger partial charge on any atom is -0.469 e. The zero-order valence-corrected chi connectivity index (χ0v) is 10.9. The van der Waals surface area contributed by atoms with E-state index in [1.165, 1.54) is 12.8 Å². The second kappa shape index (κ2) is 7.21. The summed E-state index contributed by atoms with van der Waals surface area (Å²) in [7, 11) is 0. The van der Waals surface area contributed by atoms with E-state index in [9.17, 15) is 4.79 Å². The maximum atomic E-state index is 12.0. The van der Waals surface area contributed by atoms with Crippen LogP contribution in [0.1, 0.15) is 31.4 Å². The number of carbonyl (C=O) groups is 1. The van der Waals surface area contributed by atoms with Crippen molar-refractivity contribution in [3.8, 4) is 0 Å². The molecule has 1 amide bonds. The molecule has 0 aliphatic carbocycles. The van der Waals surface area contributed by atoms with Crippen LogP contribution >= 0.6 is 0 Å². The van der Waals surface area contributed by atoms with E-state index in [2.05, 4.69) is 5.32 Å². The molecule has 0 bridgehead atoms. The molecule has 1 aliphatic heterocycles. The van der Waals surface area contributed by atoms with Crippen molar-refractivity contribution in [2.75, 3.05) is 26.2 Å². The molecular weight excluding hydrogens is 228 g/mol. The van der Waals surface area contributed by atoms with Crippen molar-refractivity contribution in [1.82, 2.24) is 10.2 Å². The molecule has 0 spiro atoms. The first kappa shape index (κ1) is 13.1. The number of rotatable bonds is 5. The number of likely N-dealkylation sites (tertiary alicyclic amines) is 1. The van der Waals surface area contributed by atoms with Crippen LogP contribution < -0.4 is 5.32 Å². The van der Waals surface area contributed by atoms with Gasteiger partial charge in [-0.25, -0.2) is 0 Å². The minimum absolute atomic E-state index is 0.233. The summed E-state index contributed by atoms with van der Waals surface area (Å²) in [6.07, 6.45) is 7.33. The van der Waals surface area contributed by atoms with Crippen LogP contribution in [0.3, 0.4) is 0 Å². The smallest absolute Gasteiger partial charge is 0.236 e. The molecule has 1 aliphatic rings. The predicted octanol–water partition coefficient (Wildman–Crippen LogP) is 1.81. The van der Waals surface area contributed by atoms with Gasteiger partial charge in [-0.05, 0) is 25.0 Å². The fourth-order valence-corrected chi connectivity index (χ4v) is 2.29. The second-order valence-electron chi connectivity index (χ2n) is 4.80. The van der Waals surface area contributed by atoms with Gasteiger partial charge in [0.25, 0.3) is 0 Å². The Morgan fingerprint density at radius 3 is 2.72 bits per heavy atom. The van der Waals surface area contributed by atoms with Gasteiger partial charge in [0.2, 0.25) is 5.91 Å². The summed E-state index contributed by atoms with van der Waals surface area (Å²) >= 11 is 0. The van der Waals surface area contributed by atoms with E-state index in [0.29, 0.717) is 6.54 Å². The molecule has 0 radical (unpaired) electrons. The first-order valence-corrected chi connectivity index (χ1v) is 6.87. The predicted molar refractivity (Wildman–Crippen MR) is 70.3 cm³/mol. The van der Waals surface area contributed by atoms with Crippen molar-refractivity contribution in [3.05, 3.63) is 24.2 Å². The molecule has 1 saturated heterocycles. The standard InChI is InChI=1S/C14H22N2O2/c17-14(16-9-3-1-2-4-10-16)12-15-8-7-13-6-5-11-18-13/h5-6,11,15H,1-4,7-10,12H2. The van der Waals surface area contributed by atoms with Crippen molar-refractivity contribution < 1.29 is 9.21 Å². The fourth-order valence-electron chi connectivity index (χ4n) is 2.29. The van der Waals surface area contributed by atoms with Gasteiger partial charge in [0.15, 0.2) is 0 Å². The SMILES string of the molecule is O=C(CNCCc1ccco1)N1CCCCCC1. The number of furan rings is 1. The van der Waals surface area contributed by atoms with Crippen LogP contribution in [0, 0.1) is 0 Å². The third kappa shape index (κ3) is 4.18. The molecule has 1 aromatic heterocycles. The molecule has 0 atom stereocenters. The highest BCUT2D eigenvalue weighted by molar-refractivity contribution is 5.78. The van der Waals surface area contributed by atoms with Crippen LogP contribution in [-0.4, -0.2) is 37.0 Å². The largest absolute Gasteiger partial charge is 0.469 e. The molecule has 4 nitrogen and oxygen atoms in total. The zero-order chi connectivity index (χ0) is 12.6. The van der Waals surface area contributed by atoms with E-state index >= 15 is 0 Å². The van der Waals surface area contributed by atoms with Gasteiger partial charge in [-0.3, -0.25) is 4.79 Å². The van der Waals surface area contributed by atoms with Crippen LogP contribution in [0.15, 0.2) is 22.8 Å². The van der Waals surface area contributed by atoms with E-state index in [4.69, 9.17) is 4.42 Å². The molecule has 18 heavy (non-hydrogen) atoms. The quantitative estimate of drug-likeness (QED) is 0.811. The highest BCUT2D eigenvalue weighted by Crippen LogP contribution is 2.09. The van der Waals surface area contributed by atoms with E-state index in [0.717, 1.165) is 44.7 Å². The molecule has 2 rings (SSSR count). The molecule has 2 heterocycles. The number of amides is 1. The second-order valence-corrected chi connectivity index (χ2v) is 4.80. The Balaban J connectivity index is 1.61. The molecule has 100 valence electrons. The maximum Gasteiger partial charge on any atom is 0.236 e. The highest BCUT2D eigenvalue weighted by Gasteiger charge is 2.14. The lowest BCUT2D eigenvalue weighted by molar-refractivity contribution is -0.130. The van der Waals surface area contributed by atoms with Gasteiger partial charge in [0, 0.05) is 26.1 Å². The Hall–Kier alpha value is -1.29. The van der Waals surface area contributed by atoms with E-state index in [-0.39, 0.29) is 5.91 Å². The van der Waals surface area contributed by atoms with Crippen molar-refractivity contribution >= 4 is 5.91 Å². The monoisotopic (exact) mass is 250 g/mol. The Labute approximate surface area is 108 Å². The van der Waals surface area contributed by atoms with Crippen LogP contribution in [0.2, 0.25) is 0 Å². The lowest BCUT2D eigenvalue weighted by atomic mass is 10.2. The van der Waals surface area contributed by atoms with Crippen molar-refractivity contribution in [2.24, 2.45) is 0 Å². The Kier molecular flexibility index (Phi) is 5.27. The summed E-state index contributed by atoms with van der Waals surface area (Å²) in [6.45, 7) is 3.09. The molecule has 0 aromatic carbocycles. The van der Waals surface area contributed by atoms with Crippen molar-refractivity contribution in [2.45, 2.75) is 32.1 Å². The summed E-state index contributed by atoms with van der Waals surface area (Å²) in [5, 5.41) is 3.19. The van der Waals surface area contributed by atoms with Crippen molar-refractivity contribution in [3.63, 3.8) is 0 Å². The molecule has 0 unspecified atom stereocenters. The average molecular weight is 250 g/mol. The molecule has 1 N–H and O–H groups in total. The van der Waals surface area contributed by atoms with Crippen LogP contribution in [0.4, 0.5) is 0 Å². The maximum absolute atomic E-state index is 12.0. The Bertz CT molecular complexity index is 341. The van der Waals surface area contributed by atoms with Gasteiger partial charge in [0.1, 0.15) is 5.76 Å². The normalized spacial score (nSPS) is 16.6. The summed E-state index contributed by atoms with van der Waals surface area (Å²) in [5.74, 6) is 1.20. The summed E-state index contributed by atoms with van der Waals surface area (Å²) in [4.78, 5) is 13.9. The molecular formula is C14H22N2O2. The third-order valence-electron chi connectivity index (χ3n) is 3.36. The van der Waals surface area contributed by atoms with Gasteiger partial charge < -0.3 is 14.6 Å². The summed E-state index contributed by atoms with van der Waals surface area (Å²) in [6, 6.07) is 3.84. The summed E-state index contributed by atoms with van der Waals surface area (Å²) in [5.41, 5.74) is 0. The van der Waals surface area contributed by atoms with Crippen LogP contribution in [0.5, 0.6) is 0 Å². The average Bonchev–Trinajstić information content (AvgIpc) is 2.74. The number of nitrogens with zero attached hydrogens (tertiary/aromatic N) is 1. The van der Waals surface area contributed by atoms with Gasteiger partial charge in [-0.2, -0.15) is 0 Å².